The fourth-order valence-electron chi connectivity index (χ4n) is 2.43. The van der Waals surface area contributed by atoms with Crippen LogP contribution >= 0.6 is 0 Å². The van der Waals surface area contributed by atoms with Crippen molar-refractivity contribution in [2.24, 2.45) is 0 Å². The largest absolute Gasteiger partial charge is 1.00 e. The van der Waals surface area contributed by atoms with E-state index in [4.69, 9.17) is 8.97 Å². The molecule has 3 rings (SSSR count). The molecule has 0 aliphatic carbocycles. The minimum atomic E-state index is -4.92. The van der Waals surface area contributed by atoms with Crippen LogP contribution in [0.1, 0.15) is 23.4 Å². The average Bonchev–Trinajstić information content (AvgIpc) is 2.88. The second-order valence-electron chi connectivity index (χ2n) is 4.24. The summed E-state index contributed by atoms with van der Waals surface area (Å²) >= 11 is 0. The number of furan rings is 1. The first-order valence-electron chi connectivity index (χ1n) is 5.34. The third-order valence-corrected chi connectivity index (χ3v) is 3.48. The summed E-state index contributed by atoms with van der Waals surface area (Å²) < 4.78 is 39.4. The van der Waals surface area contributed by atoms with E-state index in [1.165, 1.54) is 12.3 Å². The van der Waals surface area contributed by atoms with Crippen molar-refractivity contribution in [3.63, 3.8) is 0 Å². The van der Waals surface area contributed by atoms with E-state index in [1.807, 2.05) is 0 Å². The van der Waals surface area contributed by atoms with Gasteiger partial charge in [0.1, 0.15) is 17.8 Å². The Bertz CT molecular complexity index is 700. The van der Waals surface area contributed by atoms with Crippen LogP contribution in [0.3, 0.4) is 0 Å². The Labute approximate surface area is 140 Å². The number of urea groups is 1. The van der Waals surface area contributed by atoms with Crippen LogP contribution in [0.15, 0.2) is 16.7 Å². The number of carboxylic acid groups (broad SMARTS) is 1. The fourth-order valence-corrected chi connectivity index (χ4v) is 2.80. The Morgan fingerprint density at radius 1 is 1.52 bits per heavy atom. The number of hydroxylamine groups is 2. The summed E-state index contributed by atoms with van der Waals surface area (Å²) in [7, 11) is -4.92. The maximum Gasteiger partial charge on any atom is 1.00 e. The van der Waals surface area contributed by atoms with Crippen molar-refractivity contribution < 1.29 is 65.9 Å². The summed E-state index contributed by atoms with van der Waals surface area (Å²) in [4.78, 5) is 23.9. The molecule has 1 saturated heterocycles. The summed E-state index contributed by atoms with van der Waals surface area (Å²) in [5, 5.41) is 11.5. The molecule has 1 N–H and O–H groups in total. The van der Waals surface area contributed by atoms with Crippen LogP contribution in [0.25, 0.3) is 0 Å². The van der Waals surface area contributed by atoms with Crippen molar-refractivity contribution >= 4 is 22.4 Å². The number of carbonyl (C=O) groups excluding carboxylic acids is 2. The molecule has 0 spiro atoms. The van der Waals surface area contributed by atoms with Gasteiger partial charge in [-0.05, 0) is 6.07 Å². The van der Waals surface area contributed by atoms with Gasteiger partial charge in [0.25, 0.3) is 0 Å². The molecular formula is C9H7N2NaO8S. The summed E-state index contributed by atoms with van der Waals surface area (Å²) in [6.07, 6.45) is 1.21. The molecule has 1 aromatic heterocycles. The second kappa shape index (κ2) is 5.26. The van der Waals surface area contributed by atoms with Crippen LogP contribution in [0.2, 0.25) is 0 Å². The zero-order valence-electron chi connectivity index (χ0n) is 10.6. The number of carboxylic acids is 1. The minimum Gasteiger partial charge on any atom is -0.547 e. The number of fused-ring (bicyclic) bond motifs is 4. The third-order valence-electron chi connectivity index (χ3n) is 3.13. The van der Waals surface area contributed by atoms with Crippen molar-refractivity contribution in [3.8, 4) is 0 Å². The van der Waals surface area contributed by atoms with Crippen LogP contribution in [-0.4, -0.2) is 41.5 Å². The zero-order valence-corrected chi connectivity index (χ0v) is 13.4. The summed E-state index contributed by atoms with van der Waals surface area (Å²) in [5.74, 6) is -1.60. The first-order chi connectivity index (χ1) is 9.29. The summed E-state index contributed by atoms with van der Waals surface area (Å²) in [6, 6.07) is -1.99. The molecule has 2 bridgehead atoms. The van der Waals surface area contributed by atoms with Gasteiger partial charge in [-0.2, -0.15) is 13.5 Å². The molecule has 12 heteroatoms. The first-order valence-corrected chi connectivity index (χ1v) is 6.71. The molecular weight excluding hydrogens is 319 g/mol. The Hall–Kier alpha value is -1.11. The van der Waals surface area contributed by atoms with Gasteiger partial charge in [0, 0.05) is 5.56 Å². The van der Waals surface area contributed by atoms with Crippen LogP contribution in [0.5, 0.6) is 0 Å². The number of carbonyl (C=O) groups is 2. The number of amides is 2. The standard InChI is InChI=1S/C9H8N2O8S.Na/c12-8(13)6-7-4(1-2-18-7)5-3-10(6)9(14)11(5)19-20(15,16)17;/h1-2,5-6H,3H2,(H,12,13)(H,15,16,17);/q;+1/p-1/t5-,6+;/m1./s1. The number of hydrogen-bond donors (Lipinski definition) is 1. The molecule has 0 unspecified atom stereocenters. The van der Waals surface area contributed by atoms with Gasteiger partial charge in [-0.25, -0.2) is 4.79 Å². The Morgan fingerprint density at radius 2 is 2.19 bits per heavy atom. The second-order valence-corrected chi connectivity index (χ2v) is 5.25. The molecule has 0 radical (unpaired) electrons. The van der Waals surface area contributed by atoms with Crippen molar-refractivity contribution in [3.05, 3.63) is 23.7 Å². The van der Waals surface area contributed by atoms with Gasteiger partial charge in [0.05, 0.1) is 18.8 Å². The number of nitrogens with zero attached hydrogens (tertiary/aromatic N) is 2. The molecule has 3 heterocycles. The maximum atomic E-state index is 12.0. The Morgan fingerprint density at radius 3 is 2.76 bits per heavy atom. The van der Waals surface area contributed by atoms with Gasteiger partial charge in [-0.15, -0.1) is 4.28 Å². The molecule has 2 atom stereocenters. The normalized spacial score (nSPS) is 23.8. The molecule has 2 aliphatic heterocycles. The molecule has 0 aromatic carbocycles. The third kappa shape index (κ3) is 2.56. The molecule has 2 aliphatic rings. The number of rotatable bonds is 3. The molecule has 0 saturated carbocycles. The van der Waals surface area contributed by atoms with E-state index in [0.717, 1.165) is 4.90 Å². The quantitative estimate of drug-likeness (QED) is 0.434. The van der Waals surface area contributed by atoms with Gasteiger partial charge in [0.2, 0.25) is 0 Å². The molecule has 1 fully saturated rings. The smallest absolute Gasteiger partial charge is 0.547 e. The van der Waals surface area contributed by atoms with Crippen molar-refractivity contribution in [2.75, 3.05) is 6.54 Å². The van der Waals surface area contributed by atoms with E-state index < -0.39 is 34.5 Å². The first kappa shape index (κ1) is 16.3. The summed E-state index contributed by atoms with van der Waals surface area (Å²) in [6.45, 7) is -0.125. The van der Waals surface area contributed by atoms with Gasteiger partial charge in [0.15, 0.2) is 0 Å². The van der Waals surface area contributed by atoms with Gasteiger partial charge >= 0.3 is 46.0 Å². The summed E-state index contributed by atoms with van der Waals surface area (Å²) in [5.41, 5.74) is 0.282. The van der Waals surface area contributed by atoms with E-state index in [9.17, 15) is 23.1 Å². The molecule has 1 aromatic rings. The molecule has 2 amide bonds. The number of aliphatic carboxylic acids is 1. The van der Waals surface area contributed by atoms with E-state index >= 15 is 0 Å². The predicted octanol–water partition coefficient (Wildman–Crippen LogP) is -4.40. The maximum absolute atomic E-state index is 12.0. The fraction of sp³-hybridized carbons (Fsp3) is 0.333. The van der Waals surface area contributed by atoms with Crippen LogP contribution < -0.4 is 34.7 Å². The predicted molar refractivity (Wildman–Crippen MR) is 55.8 cm³/mol. The van der Waals surface area contributed by atoms with Crippen LogP contribution in [0, 0.1) is 0 Å². The van der Waals surface area contributed by atoms with E-state index in [0.29, 0.717) is 5.06 Å². The Balaban J connectivity index is 0.00000161. The zero-order chi connectivity index (χ0) is 14.7. The van der Waals surface area contributed by atoms with Gasteiger partial charge in [-0.1, -0.05) is 0 Å². The van der Waals surface area contributed by atoms with E-state index in [1.54, 1.807) is 0 Å². The van der Waals surface area contributed by atoms with Crippen molar-refractivity contribution in [1.29, 1.82) is 0 Å². The number of hydrogen-bond acceptors (Lipinski definition) is 7. The van der Waals surface area contributed by atoms with Crippen LogP contribution in [-0.2, 0) is 19.5 Å². The van der Waals surface area contributed by atoms with E-state index in [2.05, 4.69) is 4.28 Å². The molecule has 21 heavy (non-hydrogen) atoms. The SMILES string of the molecule is O=C([O-])[C@@H]1c2occc2[C@H]2CN1C(=O)N2OS(=O)(=O)O.[Na+]. The van der Waals surface area contributed by atoms with Crippen molar-refractivity contribution in [2.45, 2.75) is 12.1 Å². The molecule has 10 nitrogen and oxygen atoms in total. The average molecular weight is 326 g/mol. The topological polar surface area (TPSA) is 140 Å². The van der Waals surface area contributed by atoms with Gasteiger partial charge in [-0.3, -0.25) is 4.55 Å². The van der Waals surface area contributed by atoms with Crippen LogP contribution in [0.4, 0.5) is 4.79 Å². The van der Waals surface area contributed by atoms with Gasteiger partial charge < -0.3 is 19.2 Å². The molecule has 108 valence electrons. The van der Waals surface area contributed by atoms with Crippen molar-refractivity contribution in [1.82, 2.24) is 9.96 Å². The van der Waals surface area contributed by atoms with E-state index in [-0.39, 0.29) is 47.4 Å². The minimum absolute atomic E-state index is 0. The monoisotopic (exact) mass is 326 g/mol. The Kier molecular flexibility index (Phi) is 4.08.